The number of nitriles is 1. The average molecular weight is 244 g/mol. The van der Waals surface area contributed by atoms with Crippen molar-refractivity contribution >= 4 is 12.2 Å². The zero-order valence-electron chi connectivity index (χ0n) is 9.47. The highest BCUT2D eigenvalue weighted by atomic mass is 32.1. The van der Waals surface area contributed by atoms with Gasteiger partial charge in [-0.1, -0.05) is 19.1 Å². The van der Waals surface area contributed by atoms with Crippen LogP contribution in [-0.4, -0.2) is 14.8 Å². The molecule has 1 N–H and O–H groups in total. The maximum Gasteiger partial charge on any atom is 0.195 e. The maximum absolute atomic E-state index is 8.72. The van der Waals surface area contributed by atoms with Gasteiger partial charge >= 0.3 is 0 Å². The Morgan fingerprint density at radius 2 is 2.12 bits per heavy atom. The van der Waals surface area contributed by atoms with Gasteiger partial charge in [-0.15, -0.1) is 0 Å². The van der Waals surface area contributed by atoms with E-state index in [-0.39, 0.29) is 0 Å². The van der Waals surface area contributed by atoms with E-state index in [1.165, 1.54) is 0 Å². The van der Waals surface area contributed by atoms with E-state index >= 15 is 0 Å². The van der Waals surface area contributed by atoms with Gasteiger partial charge in [0.1, 0.15) is 5.82 Å². The number of benzene rings is 1. The van der Waals surface area contributed by atoms with Crippen molar-refractivity contribution in [1.29, 1.82) is 5.26 Å². The summed E-state index contributed by atoms with van der Waals surface area (Å²) in [6.45, 7) is 2.73. The smallest absolute Gasteiger partial charge is 0.195 e. The molecule has 2 aromatic rings. The highest BCUT2D eigenvalue weighted by Gasteiger charge is 2.04. The Morgan fingerprint density at radius 1 is 1.41 bits per heavy atom. The maximum atomic E-state index is 8.72. The van der Waals surface area contributed by atoms with Crippen molar-refractivity contribution in [3.63, 3.8) is 0 Å². The monoisotopic (exact) mass is 244 g/mol. The van der Waals surface area contributed by atoms with Gasteiger partial charge in [0.2, 0.25) is 0 Å². The standard InChI is InChI=1S/C12H12N4S/c1-2-11-14-15-12(17)16(11)8-10-5-3-9(7-13)4-6-10/h3-6H,2,8H2,1H3,(H,15,17). The Kier molecular flexibility index (Phi) is 3.35. The minimum absolute atomic E-state index is 0.631. The summed E-state index contributed by atoms with van der Waals surface area (Å²) in [5.41, 5.74) is 1.77. The van der Waals surface area contributed by atoms with Crippen LogP contribution in [0, 0.1) is 16.1 Å². The van der Waals surface area contributed by atoms with Crippen LogP contribution in [0.5, 0.6) is 0 Å². The lowest BCUT2D eigenvalue weighted by molar-refractivity contribution is 0.724. The summed E-state index contributed by atoms with van der Waals surface area (Å²) in [5, 5.41) is 15.7. The van der Waals surface area contributed by atoms with Gasteiger partial charge in [-0.2, -0.15) is 10.4 Å². The number of H-pyrrole nitrogens is 1. The molecule has 1 aromatic heterocycles. The number of aromatic amines is 1. The minimum Gasteiger partial charge on any atom is -0.300 e. The second-order valence-electron chi connectivity index (χ2n) is 3.69. The zero-order chi connectivity index (χ0) is 12.3. The third-order valence-electron chi connectivity index (χ3n) is 2.58. The molecule has 0 saturated heterocycles. The molecule has 0 unspecified atom stereocenters. The molecule has 86 valence electrons. The Hall–Kier alpha value is -1.93. The molecular weight excluding hydrogens is 232 g/mol. The molecule has 0 saturated carbocycles. The van der Waals surface area contributed by atoms with E-state index in [2.05, 4.69) is 16.3 Å². The van der Waals surface area contributed by atoms with Crippen LogP contribution >= 0.6 is 12.2 Å². The van der Waals surface area contributed by atoms with Gasteiger partial charge in [0.25, 0.3) is 0 Å². The number of hydrogen-bond donors (Lipinski definition) is 1. The van der Waals surface area contributed by atoms with Crippen LogP contribution in [0.4, 0.5) is 0 Å². The summed E-state index contributed by atoms with van der Waals surface area (Å²) in [6.07, 6.45) is 0.837. The molecule has 1 aromatic carbocycles. The Morgan fingerprint density at radius 3 is 2.71 bits per heavy atom. The zero-order valence-corrected chi connectivity index (χ0v) is 10.3. The molecule has 0 bridgehead atoms. The van der Waals surface area contributed by atoms with Crippen LogP contribution < -0.4 is 0 Å². The lowest BCUT2D eigenvalue weighted by Gasteiger charge is -2.05. The van der Waals surface area contributed by atoms with E-state index in [0.29, 0.717) is 16.9 Å². The molecule has 0 atom stereocenters. The quantitative estimate of drug-likeness (QED) is 0.844. The van der Waals surface area contributed by atoms with Gasteiger partial charge in [0.15, 0.2) is 4.77 Å². The molecule has 0 spiro atoms. The van der Waals surface area contributed by atoms with E-state index < -0.39 is 0 Å². The van der Waals surface area contributed by atoms with Gasteiger partial charge in [-0.05, 0) is 29.9 Å². The molecular formula is C12H12N4S. The largest absolute Gasteiger partial charge is 0.300 e. The number of hydrogen-bond acceptors (Lipinski definition) is 3. The van der Waals surface area contributed by atoms with Gasteiger partial charge in [-0.25, -0.2) is 0 Å². The van der Waals surface area contributed by atoms with Gasteiger partial charge < -0.3 is 0 Å². The first kappa shape index (κ1) is 11.6. The lowest BCUT2D eigenvalue weighted by atomic mass is 10.1. The molecule has 2 rings (SSSR count). The number of nitrogens with one attached hydrogen (secondary N) is 1. The molecule has 0 fully saturated rings. The fourth-order valence-corrected chi connectivity index (χ4v) is 1.87. The first-order valence-electron chi connectivity index (χ1n) is 5.37. The molecule has 0 aliphatic heterocycles. The first-order valence-corrected chi connectivity index (χ1v) is 5.78. The topological polar surface area (TPSA) is 57.4 Å². The Bertz CT molecular complexity index is 601. The minimum atomic E-state index is 0.631. The number of aromatic nitrogens is 3. The molecule has 4 nitrogen and oxygen atoms in total. The molecule has 5 heteroatoms. The highest BCUT2D eigenvalue weighted by molar-refractivity contribution is 7.71. The SMILES string of the molecule is CCc1n[nH]c(=S)n1Cc1ccc(C#N)cc1. The van der Waals surface area contributed by atoms with Crippen LogP contribution in [0.15, 0.2) is 24.3 Å². The van der Waals surface area contributed by atoms with Crippen molar-refractivity contribution in [2.75, 3.05) is 0 Å². The van der Waals surface area contributed by atoms with E-state index in [1.807, 2.05) is 35.8 Å². The Labute approximate surface area is 105 Å². The normalized spacial score (nSPS) is 10.1. The van der Waals surface area contributed by atoms with Crippen molar-refractivity contribution in [2.45, 2.75) is 19.9 Å². The summed E-state index contributed by atoms with van der Waals surface area (Å²) >= 11 is 5.18. The Balaban J connectivity index is 2.28. The second kappa shape index (κ2) is 4.93. The van der Waals surface area contributed by atoms with Crippen molar-refractivity contribution in [1.82, 2.24) is 14.8 Å². The molecule has 0 radical (unpaired) electrons. The van der Waals surface area contributed by atoms with Gasteiger partial charge in [0.05, 0.1) is 18.2 Å². The molecule has 1 heterocycles. The number of rotatable bonds is 3. The van der Waals surface area contributed by atoms with Gasteiger partial charge in [0, 0.05) is 6.42 Å². The predicted molar refractivity (Wildman–Crippen MR) is 67.0 cm³/mol. The summed E-state index contributed by atoms with van der Waals surface area (Å²) in [4.78, 5) is 0. The van der Waals surface area contributed by atoms with Gasteiger partial charge in [-0.3, -0.25) is 9.67 Å². The predicted octanol–water partition coefficient (Wildman–Crippen LogP) is 2.42. The van der Waals surface area contributed by atoms with E-state index in [1.54, 1.807) is 0 Å². The second-order valence-corrected chi connectivity index (χ2v) is 4.08. The fourth-order valence-electron chi connectivity index (χ4n) is 1.65. The van der Waals surface area contributed by atoms with Crippen molar-refractivity contribution in [2.24, 2.45) is 0 Å². The van der Waals surface area contributed by atoms with E-state index in [4.69, 9.17) is 17.5 Å². The fraction of sp³-hybridized carbons (Fsp3) is 0.250. The number of nitrogens with zero attached hydrogens (tertiary/aromatic N) is 3. The third-order valence-corrected chi connectivity index (χ3v) is 2.89. The van der Waals surface area contributed by atoms with Crippen LogP contribution in [0.25, 0.3) is 0 Å². The lowest BCUT2D eigenvalue weighted by Crippen LogP contribution is -2.04. The van der Waals surface area contributed by atoms with Crippen LogP contribution in [0.3, 0.4) is 0 Å². The molecule has 17 heavy (non-hydrogen) atoms. The number of aryl methyl sites for hydroxylation is 1. The summed E-state index contributed by atoms with van der Waals surface area (Å²) in [6, 6.07) is 9.60. The molecule has 0 amide bonds. The van der Waals surface area contributed by atoms with Crippen molar-refractivity contribution in [3.05, 3.63) is 46.0 Å². The summed E-state index contributed by atoms with van der Waals surface area (Å²) < 4.78 is 2.60. The van der Waals surface area contributed by atoms with Crippen LogP contribution in [-0.2, 0) is 13.0 Å². The average Bonchev–Trinajstić information content (AvgIpc) is 2.71. The van der Waals surface area contributed by atoms with Crippen LogP contribution in [0.1, 0.15) is 23.9 Å². The molecule has 0 aliphatic carbocycles. The van der Waals surface area contributed by atoms with Crippen LogP contribution in [0.2, 0.25) is 0 Å². The van der Waals surface area contributed by atoms with Crippen molar-refractivity contribution < 1.29 is 0 Å². The summed E-state index contributed by atoms with van der Waals surface area (Å²) in [7, 11) is 0. The highest BCUT2D eigenvalue weighted by Crippen LogP contribution is 2.08. The summed E-state index contributed by atoms with van der Waals surface area (Å²) in [5.74, 6) is 0.944. The third kappa shape index (κ3) is 2.43. The van der Waals surface area contributed by atoms with Crippen molar-refractivity contribution in [3.8, 4) is 6.07 Å². The first-order chi connectivity index (χ1) is 8.24. The van der Waals surface area contributed by atoms with E-state index in [0.717, 1.165) is 17.8 Å². The molecule has 0 aliphatic rings. The van der Waals surface area contributed by atoms with E-state index in [9.17, 15) is 0 Å².